The number of benzene rings is 3. The van der Waals surface area contributed by atoms with Crippen LogP contribution in [0.3, 0.4) is 0 Å². The fourth-order valence-corrected chi connectivity index (χ4v) is 3.69. The predicted octanol–water partition coefficient (Wildman–Crippen LogP) is 3.77. The molecule has 1 heterocycles. The maximum absolute atomic E-state index is 13.1. The fourth-order valence-electron chi connectivity index (χ4n) is 3.69. The van der Waals surface area contributed by atoms with E-state index in [-0.39, 0.29) is 17.9 Å². The smallest absolute Gasteiger partial charge is 0.269 e. The van der Waals surface area contributed by atoms with Crippen LogP contribution in [0.1, 0.15) is 27.0 Å². The average Bonchev–Trinajstić information content (AvgIpc) is 3.16. The van der Waals surface area contributed by atoms with Gasteiger partial charge in [0.25, 0.3) is 11.6 Å². The minimum absolute atomic E-state index is 0.0892. The first-order chi connectivity index (χ1) is 15.0. The molecule has 0 saturated carbocycles. The van der Waals surface area contributed by atoms with E-state index in [0.29, 0.717) is 11.5 Å². The van der Waals surface area contributed by atoms with Crippen LogP contribution in [0.4, 0.5) is 5.69 Å². The first kappa shape index (κ1) is 20.4. The molecule has 8 nitrogen and oxygen atoms in total. The van der Waals surface area contributed by atoms with Gasteiger partial charge in [-0.3, -0.25) is 14.9 Å². The lowest BCUT2D eigenvalue weighted by Gasteiger charge is -2.31. The monoisotopic (exact) mass is 420 g/mol. The van der Waals surface area contributed by atoms with Crippen molar-refractivity contribution >= 4 is 11.6 Å². The van der Waals surface area contributed by atoms with Crippen LogP contribution in [0.2, 0.25) is 0 Å². The molecular weight excluding hydrogens is 400 g/mol. The summed E-state index contributed by atoms with van der Waals surface area (Å²) in [5.41, 5.74) is 1.25. The van der Waals surface area contributed by atoms with Crippen LogP contribution in [0.15, 0.2) is 66.7 Å². The highest BCUT2D eigenvalue weighted by atomic mass is 16.6. The largest absolute Gasteiger partial charge is 0.493 e. The topological polar surface area (TPSA) is 99.9 Å². The van der Waals surface area contributed by atoms with Gasteiger partial charge >= 0.3 is 0 Å². The van der Waals surface area contributed by atoms with E-state index >= 15 is 0 Å². The molecule has 0 aromatic heterocycles. The summed E-state index contributed by atoms with van der Waals surface area (Å²) in [6.45, 7) is 0.255. The third kappa shape index (κ3) is 3.57. The zero-order valence-electron chi connectivity index (χ0n) is 17.0. The molecule has 4 rings (SSSR count). The molecule has 158 valence electrons. The molecule has 1 aliphatic heterocycles. The first-order valence-electron chi connectivity index (χ1n) is 9.50. The number of non-ortho nitro benzene ring substituents is 1. The number of carbonyl (C=O) groups is 1. The summed E-state index contributed by atoms with van der Waals surface area (Å²) in [6.07, 6.45) is 0. The summed E-state index contributed by atoms with van der Waals surface area (Å²) in [7, 11) is 3.10. The number of nitro benzene ring substituents is 1. The standard InChI is InChI=1S/C23H20N2O6/c1-29-20-12-16-14-31-23(17-6-4-3-5-7-17,19(16)13-21(20)30-2)24-22(26)15-8-10-18(11-9-15)25(27)28/h3-13H,14H2,1-2H3,(H,24,26). The molecule has 0 fully saturated rings. The van der Waals surface area contributed by atoms with E-state index in [1.165, 1.54) is 24.3 Å². The Kier molecular flexibility index (Phi) is 5.31. The van der Waals surface area contributed by atoms with Gasteiger partial charge in [0, 0.05) is 28.8 Å². The van der Waals surface area contributed by atoms with E-state index in [9.17, 15) is 14.9 Å². The zero-order valence-corrected chi connectivity index (χ0v) is 17.0. The van der Waals surface area contributed by atoms with Gasteiger partial charge in [0.15, 0.2) is 17.2 Å². The molecule has 3 aromatic rings. The van der Waals surface area contributed by atoms with Gasteiger partial charge in [-0.2, -0.15) is 0 Å². The molecule has 3 aromatic carbocycles. The van der Waals surface area contributed by atoms with Crippen molar-refractivity contribution in [2.24, 2.45) is 0 Å². The molecule has 0 radical (unpaired) electrons. The van der Waals surface area contributed by atoms with E-state index in [0.717, 1.165) is 16.7 Å². The summed E-state index contributed by atoms with van der Waals surface area (Å²) >= 11 is 0. The second kappa shape index (κ2) is 8.08. The van der Waals surface area contributed by atoms with Gasteiger partial charge in [-0.15, -0.1) is 0 Å². The molecule has 1 unspecified atom stereocenters. The Bertz CT molecular complexity index is 1130. The summed E-state index contributed by atoms with van der Waals surface area (Å²) in [5.74, 6) is 0.647. The van der Waals surface area contributed by atoms with Crippen LogP contribution < -0.4 is 14.8 Å². The molecule has 0 bridgehead atoms. The van der Waals surface area contributed by atoms with Crippen molar-refractivity contribution in [1.29, 1.82) is 0 Å². The number of carbonyl (C=O) groups excluding carboxylic acids is 1. The molecule has 0 saturated heterocycles. The molecule has 0 aliphatic carbocycles. The highest BCUT2D eigenvalue weighted by Crippen LogP contribution is 2.44. The number of methoxy groups -OCH3 is 2. The number of nitrogens with one attached hydrogen (secondary N) is 1. The molecule has 0 spiro atoms. The Morgan fingerprint density at radius 2 is 1.68 bits per heavy atom. The van der Waals surface area contributed by atoms with Crippen molar-refractivity contribution in [1.82, 2.24) is 5.32 Å². The van der Waals surface area contributed by atoms with Gasteiger partial charge in [0.2, 0.25) is 0 Å². The third-order valence-electron chi connectivity index (χ3n) is 5.24. The zero-order chi connectivity index (χ0) is 22.0. The van der Waals surface area contributed by atoms with Gasteiger partial charge in [-0.1, -0.05) is 30.3 Å². The maximum atomic E-state index is 13.1. The van der Waals surface area contributed by atoms with E-state index in [2.05, 4.69) is 5.32 Å². The van der Waals surface area contributed by atoms with Gasteiger partial charge < -0.3 is 19.5 Å². The SMILES string of the molecule is COc1cc2c(cc1OC)C(NC(=O)c1ccc([N+](=O)[O-])cc1)(c1ccccc1)OC2. The summed E-state index contributed by atoms with van der Waals surface area (Å²) in [6, 6.07) is 18.4. The number of nitrogens with zero attached hydrogens (tertiary/aromatic N) is 1. The summed E-state index contributed by atoms with van der Waals surface area (Å²) in [4.78, 5) is 23.5. The fraction of sp³-hybridized carbons (Fsp3) is 0.174. The number of rotatable bonds is 6. The van der Waals surface area contributed by atoms with Crippen LogP contribution in [-0.2, 0) is 17.1 Å². The highest BCUT2D eigenvalue weighted by Gasteiger charge is 2.44. The second-order valence-corrected chi connectivity index (χ2v) is 6.96. The van der Waals surface area contributed by atoms with Crippen LogP contribution in [0, 0.1) is 10.1 Å². The van der Waals surface area contributed by atoms with Gasteiger partial charge in [0.05, 0.1) is 25.7 Å². The maximum Gasteiger partial charge on any atom is 0.269 e. The summed E-state index contributed by atoms with van der Waals surface area (Å²) in [5, 5.41) is 13.9. The van der Waals surface area contributed by atoms with Crippen molar-refractivity contribution in [2.45, 2.75) is 12.3 Å². The molecule has 1 N–H and O–H groups in total. The van der Waals surface area contributed by atoms with Crippen LogP contribution in [0.25, 0.3) is 0 Å². The Balaban J connectivity index is 1.79. The second-order valence-electron chi connectivity index (χ2n) is 6.96. The number of hydrogen-bond donors (Lipinski definition) is 1. The van der Waals surface area contributed by atoms with E-state index in [4.69, 9.17) is 14.2 Å². The van der Waals surface area contributed by atoms with E-state index < -0.39 is 16.6 Å². The lowest BCUT2D eigenvalue weighted by molar-refractivity contribution is -0.384. The Labute approximate surface area is 178 Å². The molecular formula is C23H20N2O6. The van der Waals surface area contributed by atoms with Crippen LogP contribution in [-0.4, -0.2) is 25.1 Å². The molecule has 1 aliphatic rings. The Hall–Kier alpha value is -3.91. The lowest BCUT2D eigenvalue weighted by atomic mass is 9.92. The number of hydrogen-bond acceptors (Lipinski definition) is 6. The minimum Gasteiger partial charge on any atom is -0.493 e. The van der Waals surface area contributed by atoms with Crippen molar-refractivity contribution in [3.05, 3.63) is 99.1 Å². The van der Waals surface area contributed by atoms with Gasteiger partial charge in [-0.05, 0) is 29.8 Å². The normalized spacial score (nSPS) is 17.0. The summed E-state index contributed by atoms with van der Waals surface area (Å²) < 4.78 is 17.1. The van der Waals surface area contributed by atoms with Crippen molar-refractivity contribution in [3.63, 3.8) is 0 Å². The molecule has 1 amide bonds. The average molecular weight is 420 g/mol. The number of fused-ring (bicyclic) bond motifs is 1. The number of amides is 1. The van der Waals surface area contributed by atoms with Crippen LogP contribution in [0.5, 0.6) is 11.5 Å². The predicted molar refractivity (Wildman–Crippen MR) is 112 cm³/mol. The Morgan fingerprint density at radius 1 is 1.03 bits per heavy atom. The van der Waals surface area contributed by atoms with Crippen molar-refractivity contribution in [3.8, 4) is 11.5 Å². The minimum atomic E-state index is -1.25. The Morgan fingerprint density at radius 3 is 2.29 bits per heavy atom. The van der Waals surface area contributed by atoms with Crippen LogP contribution >= 0.6 is 0 Å². The number of ether oxygens (including phenoxy) is 3. The lowest BCUT2D eigenvalue weighted by Crippen LogP contribution is -2.46. The highest BCUT2D eigenvalue weighted by molar-refractivity contribution is 5.95. The van der Waals surface area contributed by atoms with Gasteiger partial charge in [-0.25, -0.2) is 0 Å². The third-order valence-corrected chi connectivity index (χ3v) is 5.24. The molecule has 1 atom stereocenters. The molecule has 8 heteroatoms. The van der Waals surface area contributed by atoms with Gasteiger partial charge in [0.1, 0.15) is 0 Å². The van der Waals surface area contributed by atoms with Crippen molar-refractivity contribution in [2.75, 3.05) is 14.2 Å². The first-order valence-corrected chi connectivity index (χ1v) is 9.50. The van der Waals surface area contributed by atoms with Crippen molar-refractivity contribution < 1.29 is 23.9 Å². The van der Waals surface area contributed by atoms with E-state index in [1.807, 2.05) is 36.4 Å². The number of nitro groups is 1. The molecule has 31 heavy (non-hydrogen) atoms. The quantitative estimate of drug-likeness (QED) is 0.481. The van der Waals surface area contributed by atoms with E-state index in [1.54, 1.807) is 20.3 Å².